The summed E-state index contributed by atoms with van der Waals surface area (Å²) in [5.41, 5.74) is 1.75. The fraction of sp³-hybridized carbons (Fsp3) is 0.111. The van der Waals surface area contributed by atoms with Gasteiger partial charge in [0, 0.05) is 28.8 Å². The van der Waals surface area contributed by atoms with Crippen molar-refractivity contribution in [3.63, 3.8) is 0 Å². The van der Waals surface area contributed by atoms with E-state index in [9.17, 15) is 19.8 Å². The first-order valence-corrected chi connectivity index (χ1v) is 7.27. The summed E-state index contributed by atoms with van der Waals surface area (Å²) in [5, 5.41) is 22.5. The number of carbonyl (C=O) groups is 1. The molecule has 0 aliphatic heterocycles. The standard InChI is InChI=1S/C18H15NO5/c1-10-6-18(23)24-17-8-12(3-4-13(10)17)19-9-16(22)11-2-5-14(20)15(21)7-11/h2-8,19-21H,9H2,1H3. The second-order valence-electron chi connectivity index (χ2n) is 5.44. The molecule has 0 aliphatic rings. The molecule has 0 bridgehead atoms. The second kappa shape index (κ2) is 6.08. The number of hydrogen-bond acceptors (Lipinski definition) is 6. The highest BCUT2D eigenvalue weighted by molar-refractivity contribution is 5.99. The second-order valence-corrected chi connectivity index (χ2v) is 5.44. The van der Waals surface area contributed by atoms with Gasteiger partial charge >= 0.3 is 5.63 Å². The van der Waals surface area contributed by atoms with Gasteiger partial charge in [-0.2, -0.15) is 0 Å². The van der Waals surface area contributed by atoms with E-state index in [4.69, 9.17) is 4.42 Å². The maximum Gasteiger partial charge on any atom is 0.336 e. The number of aromatic hydroxyl groups is 2. The number of hydrogen-bond donors (Lipinski definition) is 3. The minimum absolute atomic E-state index is 0.00816. The smallest absolute Gasteiger partial charge is 0.336 e. The Morgan fingerprint density at radius 1 is 1.08 bits per heavy atom. The van der Waals surface area contributed by atoms with Crippen LogP contribution in [0, 0.1) is 6.92 Å². The molecule has 0 aliphatic carbocycles. The summed E-state index contributed by atoms with van der Waals surface area (Å²) in [6.07, 6.45) is 0. The molecule has 3 rings (SSSR count). The van der Waals surface area contributed by atoms with E-state index < -0.39 is 5.63 Å². The molecule has 3 aromatic rings. The van der Waals surface area contributed by atoms with Crippen LogP contribution < -0.4 is 10.9 Å². The van der Waals surface area contributed by atoms with E-state index in [-0.39, 0.29) is 29.4 Å². The molecular formula is C18H15NO5. The molecule has 6 heteroatoms. The van der Waals surface area contributed by atoms with Crippen molar-refractivity contribution in [3.05, 3.63) is 64.0 Å². The number of Topliss-reactive ketones (excluding diaryl/α,β-unsaturated/α-hetero) is 1. The zero-order valence-electron chi connectivity index (χ0n) is 12.9. The monoisotopic (exact) mass is 325 g/mol. The SMILES string of the molecule is Cc1cc(=O)oc2cc(NCC(=O)c3ccc(O)c(O)c3)ccc12. The maximum absolute atomic E-state index is 12.1. The minimum Gasteiger partial charge on any atom is -0.504 e. The van der Waals surface area contributed by atoms with Gasteiger partial charge in [-0.25, -0.2) is 4.79 Å². The van der Waals surface area contributed by atoms with Gasteiger partial charge in [0.2, 0.25) is 0 Å². The molecule has 24 heavy (non-hydrogen) atoms. The molecule has 1 aromatic heterocycles. The van der Waals surface area contributed by atoms with Gasteiger partial charge in [0.05, 0.1) is 6.54 Å². The Bertz CT molecular complexity index is 990. The molecule has 122 valence electrons. The molecular weight excluding hydrogens is 310 g/mol. The number of nitrogens with one attached hydrogen (secondary N) is 1. The number of phenolic OH excluding ortho intramolecular Hbond substituents is 2. The summed E-state index contributed by atoms with van der Waals surface area (Å²) in [6, 6.07) is 10.6. The molecule has 0 spiro atoms. The van der Waals surface area contributed by atoms with Gasteiger partial charge in [-0.1, -0.05) is 0 Å². The van der Waals surface area contributed by atoms with Crippen molar-refractivity contribution in [3.8, 4) is 11.5 Å². The van der Waals surface area contributed by atoms with Crippen molar-refractivity contribution in [2.24, 2.45) is 0 Å². The highest BCUT2D eigenvalue weighted by Gasteiger charge is 2.09. The van der Waals surface area contributed by atoms with Gasteiger partial charge in [-0.05, 0) is 42.8 Å². The molecule has 6 nitrogen and oxygen atoms in total. The summed E-state index contributed by atoms with van der Waals surface area (Å²) in [5.74, 6) is -0.876. The molecule has 0 radical (unpaired) electrons. The number of fused-ring (bicyclic) bond motifs is 1. The molecule has 0 saturated carbocycles. The van der Waals surface area contributed by atoms with E-state index in [0.717, 1.165) is 10.9 Å². The van der Waals surface area contributed by atoms with Crippen LogP contribution in [0.25, 0.3) is 11.0 Å². The van der Waals surface area contributed by atoms with Crippen LogP contribution in [0.3, 0.4) is 0 Å². The highest BCUT2D eigenvalue weighted by atomic mass is 16.4. The van der Waals surface area contributed by atoms with Crippen LogP contribution in [-0.2, 0) is 0 Å². The van der Waals surface area contributed by atoms with E-state index in [1.54, 1.807) is 12.1 Å². The number of ketones is 1. The van der Waals surface area contributed by atoms with Gasteiger partial charge in [0.1, 0.15) is 5.58 Å². The summed E-state index contributed by atoms with van der Waals surface area (Å²) in [7, 11) is 0. The first-order chi connectivity index (χ1) is 11.4. The van der Waals surface area contributed by atoms with Crippen LogP contribution in [0.5, 0.6) is 11.5 Å². The molecule has 2 aromatic carbocycles. The normalized spacial score (nSPS) is 10.7. The highest BCUT2D eigenvalue weighted by Crippen LogP contribution is 2.25. The average Bonchev–Trinajstić information content (AvgIpc) is 2.54. The minimum atomic E-state index is -0.423. The van der Waals surface area contributed by atoms with Gasteiger partial charge < -0.3 is 19.9 Å². The van der Waals surface area contributed by atoms with Crippen LogP contribution in [-0.4, -0.2) is 22.5 Å². The predicted octanol–water partition coefficient (Wildman–Crippen LogP) is 2.81. The maximum atomic E-state index is 12.1. The van der Waals surface area contributed by atoms with Gasteiger partial charge in [-0.15, -0.1) is 0 Å². The number of benzene rings is 2. The van der Waals surface area contributed by atoms with Crippen LogP contribution in [0.15, 0.2) is 51.7 Å². The van der Waals surface area contributed by atoms with Crippen molar-refractivity contribution < 1.29 is 19.4 Å². The Labute approximate surface area is 137 Å². The number of phenols is 2. The Morgan fingerprint density at radius 2 is 1.88 bits per heavy atom. The summed E-state index contributed by atoms with van der Waals surface area (Å²) in [4.78, 5) is 23.6. The molecule has 0 atom stereocenters. The molecule has 0 amide bonds. The first kappa shape index (κ1) is 15.6. The molecule has 0 fully saturated rings. The third kappa shape index (κ3) is 3.08. The van der Waals surface area contributed by atoms with Crippen molar-refractivity contribution in [1.82, 2.24) is 0 Å². The van der Waals surface area contributed by atoms with Gasteiger partial charge in [0.15, 0.2) is 17.3 Å². The van der Waals surface area contributed by atoms with E-state index >= 15 is 0 Å². The van der Waals surface area contributed by atoms with E-state index in [1.165, 1.54) is 24.3 Å². The first-order valence-electron chi connectivity index (χ1n) is 7.27. The van der Waals surface area contributed by atoms with Crippen molar-refractivity contribution in [2.45, 2.75) is 6.92 Å². The van der Waals surface area contributed by atoms with Crippen LogP contribution >= 0.6 is 0 Å². The lowest BCUT2D eigenvalue weighted by molar-refractivity contribution is 0.101. The quantitative estimate of drug-likeness (QED) is 0.387. The lowest BCUT2D eigenvalue weighted by atomic mass is 10.1. The fourth-order valence-corrected chi connectivity index (χ4v) is 2.42. The lowest BCUT2D eigenvalue weighted by Gasteiger charge is -2.08. The molecule has 1 heterocycles. The third-order valence-electron chi connectivity index (χ3n) is 3.70. The fourth-order valence-electron chi connectivity index (χ4n) is 2.42. The molecule has 0 unspecified atom stereocenters. The topological polar surface area (TPSA) is 99.8 Å². The van der Waals surface area contributed by atoms with Crippen LogP contribution in [0.2, 0.25) is 0 Å². The predicted molar refractivity (Wildman–Crippen MR) is 89.8 cm³/mol. The van der Waals surface area contributed by atoms with Crippen molar-refractivity contribution in [2.75, 3.05) is 11.9 Å². The summed E-state index contributed by atoms with van der Waals surface area (Å²) < 4.78 is 5.16. The lowest BCUT2D eigenvalue weighted by Crippen LogP contribution is -2.14. The average molecular weight is 325 g/mol. The number of anilines is 1. The Balaban J connectivity index is 1.78. The Hall–Kier alpha value is -3.28. The molecule has 3 N–H and O–H groups in total. The third-order valence-corrected chi connectivity index (χ3v) is 3.70. The van der Waals surface area contributed by atoms with E-state index in [1.807, 2.05) is 13.0 Å². The zero-order valence-corrected chi connectivity index (χ0v) is 12.9. The number of carbonyl (C=O) groups excluding carboxylic acids is 1. The Kier molecular flexibility index (Phi) is 3.95. The summed E-state index contributed by atoms with van der Waals surface area (Å²) >= 11 is 0. The molecule has 0 saturated heterocycles. The van der Waals surface area contributed by atoms with Gasteiger partial charge in [-0.3, -0.25) is 4.79 Å². The van der Waals surface area contributed by atoms with Crippen molar-refractivity contribution in [1.29, 1.82) is 0 Å². The van der Waals surface area contributed by atoms with Crippen molar-refractivity contribution >= 4 is 22.4 Å². The van der Waals surface area contributed by atoms with Crippen LogP contribution in [0.1, 0.15) is 15.9 Å². The Morgan fingerprint density at radius 3 is 2.62 bits per heavy atom. The van der Waals surface area contributed by atoms with Crippen LogP contribution in [0.4, 0.5) is 5.69 Å². The number of aryl methyl sites for hydroxylation is 1. The van der Waals surface area contributed by atoms with Gasteiger partial charge in [0.25, 0.3) is 0 Å². The summed E-state index contributed by atoms with van der Waals surface area (Å²) in [6.45, 7) is 1.82. The van der Waals surface area contributed by atoms with E-state index in [0.29, 0.717) is 11.3 Å². The largest absolute Gasteiger partial charge is 0.504 e. The van der Waals surface area contributed by atoms with E-state index in [2.05, 4.69) is 5.32 Å². The zero-order chi connectivity index (χ0) is 17.3. The number of rotatable bonds is 4.